The molecule has 0 amide bonds. The third-order valence-corrected chi connectivity index (χ3v) is 6.46. The molecule has 0 fully saturated rings. The lowest BCUT2D eigenvalue weighted by molar-refractivity contribution is 0.461. The number of benzene rings is 2. The van der Waals surface area contributed by atoms with Gasteiger partial charge in [-0.3, -0.25) is 4.98 Å². The lowest BCUT2D eigenvalue weighted by Gasteiger charge is -2.12. The standard InChI is InChI=1S/C24H27N5O3S/c1-15-12-16(2)23-21(13-15)29(14-20-22(30)9-4-17(3)27-20)24(28-23)26-11-10-18-5-7-19(8-6-18)33(25,31)32/h4-9,12-13,30H,10-11,14H2,1-3H3,(H,26,28)(H2,25,31,32). The van der Waals surface area contributed by atoms with Crippen molar-refractivity contribution in [3.05, 3.63) is 76.6 Å². The third kappa shape index (κ3) is 4.99. The van der Waals surface area contributed by atoms with E-state index in [2.05, 4.69) is 22.4 Å². The van der Waals surface area contributed by atoms with Crippen LogP contribution >= 0.6 is 0 Å². The summed E-state index contributed by atoms with van der Waals surface area (Å²) in [5.41, 5.74) is 6.45. The molecule has 4 N–H and O–H groups in total. The molecular formula is C24H27N5O3S. The average Bonchev–Trinajstić information content (AvgIpc) is 3.08. The van der Waals surface area contributed by atoms with Crippen LogP contribution < -0.4 is 10.5 Å². The van der Waals surface area contributed by atoms with Crippen LogP contribution in [0.1, 0.15) is 28.1 Å². The molecule has 0 spiro atoms. The van der Waals surface area contributed by atoms with Gasteiger partial charge in [0.15, 0.2) is 0 Å². The number of primary sulfonamides is 1. The highest BCUT2D eigenvalue weighted by Crippen LogP contribution is 2.27. The van der Waals surface area contributed by atoms with E-state index in [-0.39, 0.29) is 10.6 Å². The van der Waals surface area contributed by atoms with Gasteiger partial charge in [-0.1, -0.05) is 18.2 Å². The van der Waals surface area contributed by atoms with Gasteiger partial charge in [0.1, 0.15) is 11.4 Å². The summed E-state index contributed by atoms with van der Waals surface area (Å²) in [4.78, 5) is 9.43. The molecule has 9 heteroatoms. The predicted octanol–water partition coefficient (Wildman–Crippen LogP) is 3.41. The second kappa shape index (κ2) is 8.84. The van der Waals surface area contributed by atoms with Crippen molar-refractivity contribution in [2.75, 3.05) is 11.9 Å². The smallest absolute Gasteiger partial charge is 0.238 e. The number of aryl methyl sites for hydroxylation is 3. The Bertz CT molecular complexity index is 1430. The van der Waals surface area contributed by atoms with Gasteiger partial charge in [-0.25, -0.2) is 18.5 Å². The SMILES string of the molecule is Cc1cc(C)c2nc(NCCc3ccc(S(N)(=O)=O)cc3)n(Cc3nc(C)ccc3O)c2c1. The summed E-state index contributed by atoms with van der Waals surface area (Å²) in [7, 11) is -3.70. The number of hydrogen-bond acceptors (Lipinski definition) is 6. The molecule has 0 aliphatic carbocycles. The second-order valence-electron chi connectivity index (χ2n) is 8.26. The predicted molar refractivity (Wildman–Crippen MR) is 129 cm³/mol. The number of pyridine rings is 1. The van der Waals surface area contributed by atoms with Crippen LogP contribution in [0.5, 0.6) is 5.75 Å². The van der Waals surface area contributed by atoms with Gasteiger partial charge < -0.3 is 15.0 Å². The molecule has 8 nitrogen and oxygen atoms in total. The molecule has 0 saturated heterocycles. The number of nitrogens with zero attached hydrogens (tertiary/aromatic N) is 3. The highest BCUT2D eigenvalue weighted by molar-refractivity contribution is 7.89. The fraction of sp³-hybridized carbons (Fsp3) is 0.250. The van der Waals surface area contributed by atoms with Crippen LogP contribution in [0.3, 0.4) is 0 Å². The van der Waals surface area contributed by atoms with Crippen molar-refractivity contribution in [1.29, 1.82) is 0 Å². The van der Waals surface area contributed by atoms with Crippen molar-refractivity contribution in [3.8, 4) is 5.75 Å². The first-order chi connectivity index (χ1) is 15.6. The van der Waals surface area contributed by atoms with Gasteiger partial charge in [0.25, 0.3) is 0 Å². The first-order valence-corrected chi connectivity index (χ1v) is 12.1. The number of imidazole rings is 1. The van der Waals surface area contributed by atoms with E-state index in [0.717, 1.165) is 33.4 Å². The summed E-state index contributed by atoms with van der Waals surface area (Å²) in [5, 5.41) is 18.9. The van der Waals surface area contributed by atoms with E-state index in [1.165, 1.54) is 12.1 Å². The minimum atomic E-state index is -3.70. The van der Waals surface area contributed by atoms with Crippen LogP contribution in [0.4, 0.5) is 5.95 Å². The molecule has 0 aliphatic heterocycles. The minimum Gasteiger partial charge on any atom is -0.506 e. The van der Waals surface area contributed by atoms with E-state index in [1.54, 1.807) is 24.3 Å². The molecule has 2 heterocycles. The van der Waals surface area contributed by atoms with Gasteiger partial charge in [-0.15, -0.1) is 0 Å². The van der Waals surface area contributed by atoms with Crippen molar-refractivity contribution < 1.29 is 13.5 Å². The van der Waals surface area contributed by atoms with Crippen molar-refractivity contribution >= 4 is 27.0 Å². The van der Waals surface area contributed by atoms with Crippen LogP contribution in [-0.4, -0.2) is 34.6 Å². The van der Waals surface area contributed by atoms with Gasteiger partial charge in [0.05, 0.1) is 22.5 Å². The van der Waals surface area contributed by atoms with Crippen LogP contribution in [0.25, 0.3) is 11.0 Å². The lowest BCUT2D eigenvalue weighted by Crippen LogP contribution is -2.13. The Balaban J connectivity index is 1.62. The summed E-state index contributed by atoms with van der Waals surface area (Å²) < 4.78 is 24.9. The number of nitrogens with two attached hydrogens (primary N) is 1. The number of sulfonamides is 1. The van der Waals surface area contributed by atoms with E-state index in [4.69, 9.17) is 10.1 Å². The molecule has 33 heavy (non-hydrogen) atoms. The maximum Gasteiger partial charge on any atom is 0.238 e. The maximum atomic E-state index is 11.4. The fourth-order valence-electron chi connectivity index (χ4n) is 3.90. The van der Waals surface area contributed by atoms with Crippen molar-refractivity contribution in [1.82, 2.24) is 14.5 Å². The Labute approximate surface area is 193 Å². The third-order valence-electron chi connectivity index (χ3n) is 5.53. The molecule has 0 atom stereocenters. The maximum absolute atomic E-state index is 11.4. The van der Waals surface area contributed by atoms with Crippen molar-refractivity contribution in [2.24, 2.45) is 5.14 Å². The summed E-state index contributed by atoms with van der Waals surface area (Å²) >= 11 is 0. The average molecular weight is 466 g/mol. The summed E-state index contributed by atoms with van der Waals surface area (Å²) in [6.45, 7) is 6.93. The quantitative estimate of drug-likeness (QED) is 0.384. The zero-order valence-corrected chi connectivity index (χ0v) is 19.6. The number of aromatic nitrogens is 3. The summed E-state index contributed by atoms with van der Waals surface area (Å²) in [5.74, 6) is 0.829. The monoisotopic (exact) mass is 465 g/mol. The molecule has 0 unspecified atom stereocenters. The Hall–Kier alpha value is -3.43. The first-order valence-electron chi connectivity index (χ1n) is 10.6. The number of hydrogen-bond donors (Lipinski definition) is 3. The lowest BCUT2D eigenvalue weighted by atomic mass is 10.1. The van der Waals surface area contributed by atoms with Crippen LogP contribution in [0, 0.1) is 20.8 Å². The highest BCUT2D eigenvalue weighted by atomic mass is 32.2. The van der Waals surface area contributed by atoms with Gasteiger partial charge in [0.2, 0.25) is 16.0 Å². The van der Waals surface area contributed by atoms with E-state index in [1.807, 2.05) is 25.3 Å². The highest BCUT2D eigenvalue weighted by Gasteiger charge is 2.16. The molecule has 2 aromatic carbocycles. The number of rotatable bonds is 7. The minimum absolute atomic E-state index is 0.0947. The van der Waals surface area contributed by atoms with E-state index in [0.29, 0.717) is 31.2 Å². The van der Waals surface area contributed by atoms with Gasteiger partial charge in [-0.2, -0.15) is 0 Å². The molecule has 0 radical (unpaired) electrons. The molecule has 4 rings (SSSR count). The zero-order chi connectivity index (χ0) is 23.8. The van der Waals surface area contributed by atoms with Crippen LogP contribution in [-0.2, 0) is 23.0 Å². The van der Waals surface area contributed by atoms with E-state index >= 15 is 0 Å². The van der Waals surface area contributed by atoms with Crippen molar-refractivity contribution in [2.45, 2.75) is 38.6 Å². The first kappa shape index (κ1) is 22.8. The Morgan fingerprint density at radius 2 is 1.76 bits per heavy atom. The Morgan fingerprint density at radius 3 is 2.45 bits per heavy atom. The fourth-order valence-corrected chi connectivity index (χ4v) is 4.41. The van der Waals surface area contributed by atoms with Crippen molar-refractivity contribution in [3.63, 3.8) is 0 Å². The molecule has 172 valence electrons. The van der Waals surface area contributed by atoms with Crippen LogP contribution in [0.2, 0.25) is 0 Å². The molecule has 2 aromatic heterocycles. The number of aromatic hydroxyl groups is 1. The van der Waals surface area contributed by atoms with E-state index < -0.39 is 10.0 Å². The summed E-state index contributed by atoms with van der Waals surface area (Å²) in [6.07, 6.45) is 0.667. The van der Waals surface area contributed by atoms with Crippen LogP contribution in [0.15, 0.2) is 53.4 Å². The summed E-state index contributed by atoms with van der Waals surface area (Å²) in [6, 6.07) is 14.2. The molecular weight excluding hydrogens is 438 g/mol. The molecule has 0 aliphatic rings. The largest absolute Gasteiger partial charge is 0.506 e. The molecule has 0 saturated carbocycles. The molecule has 4 aromatic rings. The van der Waals surface area contributed by atoms with Gasteiger partial charge in [-0.05, 0) is 74.2 Å². The number of fused-ring (bicyclic) bond motifs is 1. The normalized spacial score (nSPS) is 11.8. The topological polar surface area (TPSA) is 123 Å². The zero-order valence-electron chi connectivity index (χ0n) is 18.8. The molecule has 0 bridgehead atoms. The van der Waals surface area contributed by atoms with Gasteiger partial charge >= 0.3 is 0 Å². The van der Waals surface area contributed by atoms with E-state index in [9.17, 15) is 13.5 Å². The number of nitrogens with one attached hydrogen (secondary N) is 1. The van der Waals surface area contributed by atoms with Gasteiger partial charge in [0, 0.05) is 12.2 Å². The number of anilines is 1. The Kier molecular flexibility index (Phi) is 6.09. The second-order valence-corrected chi connectivity index (χ2v) is 9.82. The Morgan fingerprint density at radius 1 is 1.03 bits per heavy atom.